The van der Waals surface area contributed by atoms with E-state index in [4.69, 9.17) is 0 Å². The number of amides is 1. The molecule has 0 N–H and O–H groups in total. The van der Waals surface area contributed by atoms with Crippen LogP contribution < -0.4 is 4.80 Å². The van der Waals surface area contributed by atoms with Gasteiger partial charge in [0.15, 0.2) is 4.80 Å². The van der Waals surface area contributed by atoms with Crippen LogP contribution in [0.5, 0.6) is 0 Å². The summed E-state index contributed by atoms with van der Waals surface area (Å²) in [5.41, 5.74) is 0.385. The van der Waals surface area contributed by atoms with E-state index in [9.17, 15) is 4.79 Å². The Morgan fingerprint density at radius 2 is 1.94 bits per heavy atom. The van der Waals surface area contributed by atoms with Crippen molar-refractivity contribution in [3.8, 4) is 0 Å². The smallest absolute Gasteiger partial charge is 0.258 e. The van der Waals surface area contributed by atoms with Gasteiger partial charge in [-0.1, -0.05) is 30.3 Å². The van der Waals surface area contributed by atoms with Crippen molar-refractivity contribution in [2.24, 2.45) is 12.0 Å². The Morgan fingerprint density at radius 3 is 2.50 bits per heavy atom. The van der Waals surface area contributed by atoms with Crippen molar-refractivity contribution in [3.63, 3.8) is 0 Å². The maximum Gasteiger partial charge on any atom is 0.258 e. The maximum atomic E-state index is 12.3. The van der Waals surface area contributed by atoms with Crippen molar-refractivity contribution >= 4 is 17.2 Å². The molecule has 0 spiro atoms. The van der Waals surface area contributed by atoms with Gasteiger partial charge in [0, 0.05) is 18.6 Å². The number of hydrogen-bond donors (Lipinski definition) is 0. The zero-order valence-corrected chi connectivity index (χ0v) is 11.6. The molecule has 94 valence electrons. The summed E-state index contributed by atoms with van der Waals surface area (Å²) in [6.45, 7) is 3.81. The van der Waals surface area contributed by atoms with Crippen molar-refractivity contribution < 1.29 is 4.79 Å². The molecule has 0 bridgehead atoms. The third-order valence-electron chi connectivity index (χ3n) is 2.99. The molecule has 18 heavy (non-hydrogen) atoms. The van der Waals surface area contributed by atoms with E-state index in [0.29, 0.717) is 0 Å². The molecule has 0 fully saturated rings. The summed E-state index contributed by atoms with van der Waals surface area (Å²) in [5.74, 6) is -0.119. The molecular weight excluding hydrogens is 244 g/mol. The van der Waals surface area contributed by atoms with Gasteiger partial charge < -0.3 is 4.57 Å². The standard InChI is InChI=1S/C14H16N2OS/c1-14(2,11-7-5-4-6-8-11)12(17)15-13-16(3)9-10-18-13/h4-10H,1-3H3. The van der Waals surface area contributed by atoms with Crippen LogP contribution in [0.25, 0.3) is 0 Å². The van der Waals surface area contributed by atoms with Gasteiger partial charge >= 0.3 is 0 Å². The van der Waals surface area contributed by atoms with E-state index in [-0.39, 0.29) is 5.91 Å². The van der Waals surface area contributed by atoms with Crippen LogP contribution in [0.2, 0.25) is 0 Å². The summed E-state index contributed by atoms with van der Waals surface area (Å²) in [7, 11) is 1.89. The van der Waals surface area contributed by atoms with Crippen molar-refractivity contribution in [2.45, 2.75) is 19.3 Å². The minimum Gasteiger partial charge on any atom is -0.327 e. The van der Waals surface area contributed by atoms with E-state index in [2.05, 4.69) is 4.99 Å². The summed E-state index contributed by atoms with van der Waals surface area (Å²) in [5, 5.41) is 1.92. The van der Waals surface area contributed by atoms with E-state index in [0.717, 1.165) is 10.4 Å². The number of aromatic nitrogens is 1. The Kier molecular flexibility index (Phi) is 3.48. The second-order valence-electron chi connectivity index (χ2n) is 4.70. The molecular formula is C14H16N2OS. The quantitative estimate of drug-likeness (QED) is 0.817. The lowest BCUT2D eigenvalue weighted by molar-refractivity contribution is -0.122. The first-order valence-corrected chi connectivity index (χ1v) is 6.64. The zero-order valence-electron chi connectivity index (χ0n) is 10.8. The highest BCUT2D eigenvalue weighted by atomic mass is 32.1. The Morgan fingerprint density at radius 1 is 1.28 bits per heavy atom. The zero-order chi connectivity index (χ0) is 13.2. The molecule has 1 aromatic heterocycles. The first-order valence-electron chi connectivity index (χ1n) is 5.76. The molecule has 0 aliphatic rings. The number of aryl methyl sites for hydroxylation is 1. The average molecular weight is 260 g/mol. The lowest BCUT2D eigenvalue weighted by Gasteiger charge is -2.20. The first kappa shape index (κ1) is 12.8. The van der Waals surface area contributed by atoms with Gasteiger partial charge in [-0.05, 0) is 19.4 Å². The largest absolute Gasteiger partial charge is 0.327 e. The molecule has 2 aromatic rings. The van der Waals surface area contributed by atoms with Gasteiger partial charge in [-0.2, -0.15) is 4.99 Å². The van der Waals surface area contributed by atoms with Crippen LogP contribution in [0, 0.1) is 0 Å². The van der Waals surface area contributed by atoms with Crippen LogP contribution >= 0.6 is 11.3 Å². The molecule has 4 heteroatoms. The fourth-order valence-corrected chi connectivity index (χ4v) is 2.37. The fraction of sp³-hybridized carbons (Fsp3) is 0.286. The third kappa shape index (κ3) is 2.43. The number of rotatable bonds is 2. The maximum absolute atomic E-state index is 12.3. The van der Waals surface area contributed by atoms with Crippen molar-refractivity contribution in [3.05, 3.63) is 52.3 Å². The predicted octanol–water partition coefficient (Wildman–Crippen LogP) is 2.49. The molecule has 0 saturated heterocycles. The lowest BCUT2D eigenvalue weighted by Crippen LogP contribution is -2.29. The highest BCUT2D eigenvalue weighted by molar-refractivity contribution is 7.07. The van der Waals surface area contributed by atoms with Gasteiger partial charge in [0.2, 0.25) is 0 Å². The van der Waals surface area contributed by atoms with Gasteiger partial charge in [-0.15, -0.1) is 11.3 Å². The highest BCUT2D eigenvalue weighted by Crippen LogP contribution is 2.24. The number of hydrogen-bond acceptors (Lipinski definition) is 2. The van der Waals surface area contributed by atoms with Crippen LogP contribution in [-0.4, -0.2) is 10.5 Å². The highest BCUT2D eigenvalue weighted by Gasteiger charge is 2.29. The number of nitrogens with zero attached hydrogens (tertiary/aromatic N) is 2. The minimum atomic E-state index is -0.599. The fourth-order valence-electron chi connectivity index (χ4n) is 1.64. The molecule has 2 rings (SSSR count). The molecule has 0 unspecified atom stereocenters. The molecule has 3 nitrogen and oxygen atoms in total. The minimum absolute atomic E-state index is 0.119. The molecule has 0 aliphatic carbocycles. The van der Waals surface area contributed by atoms with Gasteiger partial charge in [-0.3, -0.25) is 4.79 Å². The van der Waals surface area contributed by atoms with E-state index >= 15 is 0 Å². The summed E-state index contributed by atoms with van der Waals surface area (Å²) in [6.07, 6.45) is 1.90. The average Bonchev–Trinajstić information content (AvgIpc) is 2.76. The molecule has 1 heterocycles. The van der Waals surface area contributed by atoms with Gasteiger partial charge in [0.1, 0.15) is 0 Å². The molecule has 0 saturated carbocycles. The molecule has 0 atom stereocenters. The van der Waals surface area contributed by atoms with Crippen LogP contribution in [0.3, 0.4) is 0 Å². The Balaban J connectivity index is 2.38. The Hall–Kier alpha value is -1.68. The topological polar surface area (TPSA) is 34.4 Å². The van der Waals surface area contributed by atoms with E-state index in [1.54, 1.807) is 0 Å². The van der Waals surface area contributed by atoms with Crippen LogP contribution in [0.15, 0.2) is 46.9 Å². The number of carbonyl (C=O) groups is 1. The molecule has 1 amide bonds. The SMILES string of the molecule is Cn1ccsc1=NC(=O)C(C)(C)c1ccccc1. The van der Waals surface area contributed by atoms with Gasteiger partial charge in [0.25, 0.3) is 5.91 Å². The van der Waals surface area contributed by atoms with Crippen LogP contribution in [0.1, 0.15) is 19.4 Å². The van der Waals surface area contributed by atoms with Gasteiger partial charge in [-0.25, -0.2) is 0 Å². The van der Waals surface area contributed by atoms with Crippen molar-refractivity contribution in [2.75, 3.05) is 0 Å². The van der Waals surface area contributed by atoms with Crippen LogP contribution in [0.4, 0.5) is 0 Å². The first-order chi connectivity index (χ1) is 8.51. The van der Waals surface area contributed by atoms with E-state index in [1.807, 2.05) is 67.4 Å². The van der Waals surface area contributed by atoms with Gasteiger partial charge in [0.05, 0.1) is 5.41 Å². The van der Waals surface area contributed by atoms with E-state index < -0.39 is 5.41 Å². The number of thiazole rings is 1. The third-order valence-corrected chi connectivity index (χ3v) is 3.83. The normalized spacial score (nSPS) is 12.7. The monoisotopic (exact) mass is 260 g/mol. The Bertz CT molecular complexity index is 608. The summed E-state index contributed by atoms with van der Waals surface area (Å²) in [4.78, 5) is 17.2. The Labute approximate surface area is 110 Å². The summed E-state index contributed by atoms with van der Waals surface area (Å²) >= 11 is 1.46. The number of benzene rings is 1. The summed E-state index contributed by atoms with van der Waals surface area (Å²) < 4.78 is 1.85. The lowest BCUT2D eigenvalue weighted by atomic mass is 9.84. The van der Waals surface area contributed by atoms with E-state index in [1.165, 1.54) is 11.3 Å². The predicted molar refractivity (Wildman–Crippen MR) is 73.3 cm³/mol. The van der Waals surface area contributed by atoms with Crippen molar-refractivity contribution in [1.82, 2.24) is 4.57 Å². The molecule has 1 aromatic carbocycles. The molecule has 0 aliphatic heterocycles. The number of carbonyl (C=O) groups excluding carboxylic acids is 1. The second kappa shape index (κ2) is 4.90. The second-order valence-corrected chi connectivity index (χ2v) is 5.58. The van der Waals surface area contributed by atoms with Crippen molar-refractivity contribution in [1.29, 1.82) is 0 Å². The summed E-state index contributed by atoms with van der Waals surface area (Å²) in [6, 6.07) is 9.75. The van der Waals surface area contributed by atoms with Crippen LogP contribution in [-0.2, 0) is 17.3 Å². The molecule has 0 radical (unpaired) electrons.